The minimum Gasteiger partial charge on any atom is -0.497 e. The lowest BCUT2D eigenvalue weighted by Crippen LogP contribution is -2.38. The number of para-hydroxylation sites is 1. The van der Waals surface area contributed by atoms with Crippen LogP contribution in [0.25, 0.3) is 11.0 Å². The van der Waals surface area contributed by atoms with Crippen molar-refractivity contribution < 1.29 is 36.9 Å². The normalized spacial score (nSPS) is 16.6. The van der Waals surface area contributed by atoms with Crippen LogP contribution in [0.1, 0.15) is 23.5 Å². The van der Waals surface area contributed by atoms with E-state index in [-0.39, 0.29) is 48.7 Å². The van der Waals surface area contributed by atoms with Gasteiger partial charge in [-0.05, 0) is 48.0 Å². The van der Waals surface area contributed by atoms with Crippen LogP contribution in [0.4, 0.5) is 0 Å². The number of aliphatic hydroxyl groups is 1. The number of hydrogen-bond donors (Lipinski definition) is 2. The van der Waals surface area contributed by atoms with Gasteiger partial charge in [-0.3, -0.25) is 9.59 Å². The third-order valence-electron chi connectivity index (χ3n) is 7.37. The Morgan fingerprint density at radius 2 is 1.76 bits per heavy atom. The van der Waals surface area contributed by atoms with Crippen molar-refractivity contribution in [2.24, 2.45) is 0 Å². The third-order valence-corrected chi connectivity index (χ3v) is 9.29. The number of fused-ring (bicyclic) bond motifs is 1. The number of carbonyl (C=O) groups excluding carboxylic acids is 1. The second kappa shape index (κ2) is 14.5. The highest BCUT2D eigenvalue weighted by Gasteiger charge is 2.31. The van der Waals surface area contributed by atoms with Crippen LogP contribution < -0.4 is 15.5 Å². The standard InChI is InChI=1S/C33H34N2O9S/c1-41-25-11-13-26(14-12-25)45(39,40)35(15-17-36)16-18-42-31-20-24(28-22-43-29-10-6-5-9-27(29)32(28)37)19-30(44-31)33(38)34-21-23-7-3-2-4-8-23/h2-14,19,22,24,31,36H,15-18,20-21H2,1H3,(H,34,38)/t24-,31+/m0/s1. The van der Waals surface area contributed by atoms with Crippen molar-refractivity contribution in [3.05, 3.63) is 118 Å². The second-order valence-corrected chi connectivity index (χ2v) is 12.2. The molecule has 0 saturated carbocycles. The van der Waals surface area contributed by atoms with Crippen molar-refractivity contribution in [3.63, 3.8) is 0 Å². The Labute approximate surface area is 260 Å². The topological polar surface area (TPSA) is 145 Å². The Kier molecular flexibility index (Phi) is 10.3. The maximum Gasteiger partial charge on any atom is 0.286 e. The quantitative estimate of drug-likeness (QED) is 0.226. The van der Waals surface area contributed by atoms with Crippen LogP contribution in [0.5, 0.6) is 5.75 Å². The number of rotatable bonds is 13. The molecular formula is C33H34N2O9S. The number of nitrogens with one attached hydrogen (secondary N) is 1. The molecule has 1 aromatic heterocycles. The van der Waals surface area contributed by atoms with E-state index in [4.69, 9.17) is 18.6 Å². The fraction of sp³-hybridized carbons (Fsp3) is 0.273. The van der Waals surface area contributed by atoms with E-state index in [1.54, 1.807) is 30.3 Å². The number of allylic oxidation sites excluding steroid dienone is 1. The molecule has 0 bridgehead atoms. The maximum absolute atomic E-state index is 13.4. The molecule has 1 aliphatic rings. The molecular weight excluding hydrogens is 600 g/mol. The van der Waals surface area contributed by atoms with Crippen molar-refractivity contribution in [3.8, 4) is 5.75 Å². The zero-order valence-electron chi connectivity index (χ0n) is 24.6. The number of benzene rings is 3. The molecule has 2 heterocycles. The molecule has 1 aliphatic heterocycles. The fourth-order valence-corrected chi connectivity index (χ4v) is 6.41. The Morgan fingerprint density at radius 1 is 1.02 bits per heavy atom. The van der Waals surface area contributed by atoms with E-state index < -0.39 is 34.7 Å². The summed E-state index contributed by atoms with van der Waals surface area (Å²) in [5, 5.41) is 12.8. The molecule has 0 saturated heterocycles. The number of hydrogen-bond acceptors (Lipinski definition) is 9. The van der Waals surface area contributed by atoms with Gasteiger partial charge < -0.3 is 29.1 Å². The zero-order valence-corrected chi connectivity index (χ0v) is 25.4. The predicted molar refractivity (Wildman–Crippen MR) is 166 cm³/mol. The van der Waals surface area contributed by atoms with Gasteiger partial charge in [0.2, 0.25) is 16.3 Å². The number of amides is 1. The van der Waals surface area contributed by atoms with Gasteiger partial charge in [-0.2, -0.15) is 4.31 Å². The summed E-state index contributed by atoms with van der Waals surface area (Å²) in [5.74, 6) is -0.602. The molecule has 236 valence electrons. The van der Waals surface area contributed by atoms with Crippen LogP contribution in [0, 0.1) is 0 Å². The van der Waals surface area contributed by atoms with E-state index in [1.165, 1.54) is 37.6 Å². The summed E-state index contributed by atoms with van der Waals surface area (Å²) in [7, 11) is -2.48. The predicted octanol–water partition coefficient (Wildman–Crippen LogP) is 3.53. The molecule has 45 heavy (non-hydrogen) atoms. The van der Waals surface area contributed by atoms with Crippen molar-refractivity contribution in [2.45, 2.75) is 30.1 Å². The lowest BCUT2D eigenvalue weighted by molar-refractivity contribution is -0.146. The SMILES string of the molecule is COc1ccc(S(=O)(=O)N(CCO)CCO[C@H]2C[C@@H](c3coc4ccccc4c3=O)C=C(C(=O)NCc3ccccc3)O2)cc1. The van der Waals surface area contributed by atoms with Crippen LogP contribution >= 0.6 is 0 Å². The number of ether oxygens (including phenoxy) is 3. The summed E-state index contributed by atoms with van der Waals surface area (Å²) < 4.78 is 50.4. The molecule has 4 aromatic rings. The van der Waals surface area contributed by atoms with Crippen LogP contribution in [-0.2, 0) is 30.8 Å². The van der Waals surface area contributed by atoms with Crippen molar-refractivity contribution in [1.82, 2.24) is 9.62 Å². The van der Waals surface area contributed by atoms with Gasteiger partial charge in [-0.1, -0.05) is 42.5 Å². The highest BCUT2D eigenvalue weighted by molar-refractivity contribution is 7.89. The summed E-state index contributed by atoms with van der Waals surface area (Å²) in [5.41, 5.74) is 1.44. The van der Waals surface area contributed by atoms with E-state index in [9.17, 15) is 23.1 Å². The minimum absolute atomic E-state index is 0.0298. The van der Waals surface area contributed by atoms with Gasteiger partial charge in [0.25, 0.3) is 5.91 Å². The lowest BCUT2D eigenvalue weighted by atomic mass is 9.93. The molecule has 11 nitrogen and oxygen atoms in total. The Morgan fingerprint density at radius 3 is 2.49 bits per heavy atom. The van der Waals surface area contributed by atoms with E-state index >= 15 is 0 Å². The first-order valence-corrected chi connectivity index (χ1v) is 15.8. The molecule has 0 spiro atoms. The maximum atomic E-state index is 13.4. The third kappa shape index (κ3) is 7.60. The molecule has 2 N–H and O–H groups in total. The van der Waals surface area contributed by atoms with Gasteiger partial charge >= 0.3 is 0 Å². The Bertz CT molecular complexity index is 1810. The molecule has 0 fully saturated rings. The van der Waals surface area contributed by atoms with Gasteiger partial charge in [0.1, 0.15) is 11.3 Å². The highest BCUT2D eigenvalue weighted by Crippen LogP contribution is 2.31. The van der Waals surface area contributed by atoms with E-state index in [0.717, 1.165) is 9.87 Å². The van der Waals surface area contributed by atoms with Crippen molar-refractivity contribution in [1.29, 1.82) is 0 Å². The Balaban J connectivity index is 1.34. The molecule has 1 amide bonds. The van der Waals surface area contributed by atoms with Crippen LogP contribution in [0.2, 0.25) is 0 Å². The highest BCUT2D eigenvalue weighted by atomic mass is 32.2. The molecule has 0 unspecified atom stereocenters. The monoisotopic (exact) mass is 634 g/mol. The minimum atomic E-state index is -3.96. The average molecular weight is 635 g/mol. The number of methoxy groups -OCH3 is 1. The summed E-state index contributed by atoms with van der Waals surface area (Å²) >= 11 is 0. The average Bonchev–Trinajstić information content (AvgIpc) is 3.07. The second-order valence-electron chi connectivity index (χ2n) is 10.3. The Hall–Kier alpha value is -4.49. The molecule has 0 radical (unpaired) electrons. The number of sulfonamides is 1. The lowest BCUT2D eigenvalue weighted by Gasteiger charge is -2.30. The number of aliphatic hydroxyl groups excluding tert-OH is 1. The largest absolute Gasteiger partial charge is 0.497 e. The zero-order chi connectivity index (χ0) is 31.8. The first kappa shape index (κ1) is 31.9. The molecule has 3 aromatic carbocycles. The smallest absolute Gasteiger partial charge is 0.286 e. The van der Waals surface area contributed by atoms with Crippen LogP contribution in [-0.4, -0.2) is 63.4 Å². The van der Waals surface area contributed by atoms with E-state index in [0.29, 0.717) is 22.3 Å². The number of carbonyl (C=O) groups is 1. The summed E-state index contributed by atoms with van der Waals surface area (Å²) in [6, 6.07) is 22.2. The van der Waals surface area contributed by atoms with E-state index in [1.807, 2.05) is 30.3 Å². The van der Waals surface area contributed by atoms with Gasteiger partial charge in [0.15, 0.2) is 11.2 Å². The van der Waals surface area contributed by atoms with Crippen LogP contribution in [0.3, 0.4) is 0 Å². The van der Waals surface area contributed by atoms with Crippen molar-refractivity contribution >= 4 is 26.9 Å². The number of nitrogens with zero attached hydrogens (tertiary/aromatic N) is 1. The molecule has 5 rings (SSSR count). The summed E-state index contributed by atoms with van der Waals surface area (Å²) in [6.45, 7) is -0.510. The molecule has 2 atom stereocenters. The summed E-state index contributed by atoms with van der Waals surface area (Å²) in [6.07, 6.45) is 2.15. The van der Waals surface area contributed by atoms with Crippen molar-refractivity contribution in [2.75, 3.05) is 33.4 Å². The van der Waals surface area contributed by atoms with E-state index in [2.05, 4.69) is 5.32 Å². The first-order valence-electron chi connectivity index (χ1n) is 14.4. The van der Waals surface area contributed by atoms with Gasteiger partial charge in [0.05, 0.1) is 36.9 Å². The fourth-order valence-electron chi connectivity index (χ4n) is 5.00. The van der Waals surface area contributed by atoms with Gasteiger partial charge in [-0.25, -0.2) is 8.42 Å². The molecule has 12 heteroatoms. The van der Waals surface area contributed by atoms with Gasteiger partial charge in [0, 0.05) is 37.5 Å². The van der Waals surface area contributed by atoms with Gasteiger partial charge in [-0.15, -0.1) is 0 Å². The summed E-state index contributed by atoms with van der Waals surface area (Å²) in [4.78, 5) is 26.6. The molecule has 0 aliphatic carbocycles. The van der Waals surface area contributed by atoms with Crippen LogP contribution in [0.15, 0.2) is 111 Å². The first-order chi connectivity index (χ1) is 21.8.